The predicted octanol–water partition coefficient (Wildman–Crippen LogP) is 2.15. The van der Waals surface area contributed by atoms with Crippen LogP contribution in [0.1, 0.15) is 57.3 Å². The van der Waals surface area contributed by atoms with Crippen molar-refractivity contribution < 1.29 is 0 Å². The minimum Gasteiger partial charge on any atom is -0.329 e. The number of nitrogens with zero attached hydrogens (tertiary/aromatic N) is 2. The van der Waals surface area contributed by atoms with Crippen LogP contribution in [0.2, 0.25) is 0 Å². The van der Waals surface area contributed by atoms with Crippen molar-refractivity contribution in [3.05, 3.63) is 17.5 Å². The topological polar surface area (TPSA) is 55.9 Å². The highest BCUT2D eigenvalue weighted by Gasteiger charge is 2.32. The molecule has 0 radical (unpaired) electrons. The first-order valence-electron chi connectivity index (χ1n) is 7.43. The average molecular weight is 264 g/mol. The highest BCUT2D eigenvalue weighted by atomic mass is 15.3. The standard InChI is InChI=1S/C15H28N4/c1-5-13-12(10-19(4)18-13)14(9-16)17-11-6-7-15(2,3)8-11/h10-11,14,17H,5-9,16H2,1-4H3. The van der Waals surface area contributed by atoms with Gasteiger partial charge in [0, 0.05) is 37.4 Å². The molecule has 1 aromatic rings. The molecular weight excluding hydrogens is 236 g/mol. The van der Waals surface area contributed by atoms with Crippen LogP contribution in [0.3, 0.4) is 0 Å². The fourth-order valence-electron chi connectivity index (χ4n) is 3.27. The normalized spacial score (nSPS) is 23.7. The molecule has 1 heterocycles. The lowest BCUT2D eigenvalue weighted by molar-refractivity contribution is 0.353. The van der Waals surface area contributed by atoms with Crippen LogP contribution in [-0.2, 0) is 13.5 Å². The number of aryl methyl sites for hydroxylation is 2. The zero-order chi connectivity index (χ0) is 14.0. The molecule has 19 heavy (non-hydrogen) atoms. The van der Waals surface area contributed by atoms with Gasteiger partial charge in [-0.15, -0.1) is 0 Å². The van der Waals surface area contributed by atoms with E-state index in [0.29, 0.717) is 18.0 Å². The second-order valence-electron chi connectivity index (χ2n) is 6.62. The van der Waals surface area contributed by atoms with Crippen LogP contribution in [0.15, 0.2) is 6.20 Å². The lowest BCUT2D eigenvalue weighted by Gasteiger charge is -2.23. The largest absolute Gasteiger partial charge is 0.329 e. The smallest absolute Gasteiger partial charge is 0.0670 e. The van der Waals surface area contributed by atoms with Crippen molar-refractivity contribution in [3.8, 4) is 0 Å². The highest BCUT2D eigenvalue weighted by Crippen LogP contribution is 2.37. The monoisotopic (exact) mass is 264 g/mol. The second-order valence-corrected chi connectivity index (χ2v) is 6.62. The maximum Gasteiger partial charge on any atom is 0.0670 e. The van der Waals surface area contributed by atoms with Gasteiger partial charge in [0.2, 0.25) is 0 Å². The molecule has 1 aliphatic carbocycles. The van der Waals surface area contributed by atoms with Gasteiger partial charge in [-0.2, -0.15) is 5.10 Å². The summed E-state index contributed by atoms with van der Waals surface area (Å²) in [5.74, 6) is 0. The molecule has 2 atom stereocenters. The fourth-order valence-corrected chi connectivity index (χ4v) is 3.27. The van der Waals surface area contributed by atoms with Gasteiger partial charge in [-0.05, 0) is 31.1 Å². The molecule has 3 N–H and O–H groups in total. The number of hydrogen-bond donors (Lipinski definition) is 2. The number of nitrogens with one attached hydrogen (secondary N) is 1. The van der Waals surface area contributed by atoms with Crippen molar-refractivity contribution >= 4 is 0 Å². The van der Waals surface area contributed by atoms with Gasteiger partial charge in [0.05, 0.1) is 5.69 Å². The Labute approximate surface area is 116 Å². The third-order valence-corrected chi connectivity index (χ3v) is 4.29. The van der Waals surface area contributed by atoms with Gasteiger partial charge in [-0.25, -0.2) is 0 Å². The highest BCUT2D eigenvalue weighted by molar-refractivity contribution is 5.22. The summed E-state index contributed by atoms with van der Waals surface area (Å²) >= 11 is 0. The number of hydrogen-bond acceptors (Lipinski definition) is 3. The summed E-state index contributed by atoms with van der Waals surface area (Å²) in [6.07, 6.45) is 6.88. The Balaban J connectivity index is 2.08. The lowest BCUT2D eigenvalue weighted by atomic mass is 9.91. The van der Waals surface area contributed by atoms with E-state index in [4.69, 9.17) is 5.73 Å². The Morgan fingerprint density at radius 1 is 1.58 bits per heavy atom. The maximum atomic E-state index is 5.98. The molecule has 0 bridgehead atoms. The third kappa shape index (κ3) is 3.37. The van der Waals surface area contributed by atoms with Crippen LogP contribution in [0.4, 0.5) is 0 Å². The van der Waals surface area contributed by atoms with Gasteiger partial charge in [-0.1, -0.05) is 20.8 Å². The average Bonchev–Trinajstić information content (AvgIpc) is 2.88. The first-order chi connectivity index (χ1) is 8.95. The fraction of sp³-hybridized carbons (Fsp3) is 0.800. The zero-order valence-electron chi connectivity index (χ0n) is 12.7. The van der Waals surface area contributed by atoms with E-state index in [1.54, 1.807) is 0 Å². The van der Waals surface area contributed by atoms with Crippen molar-refractivity contribution in [1.82, 2.24) is 15.1 Å². The summed E-state index contributed by atoms with van der Waals surface area (Å²) in [6, 6.07) is 0.830. The van der Waals surface area contributed by atoms with Crippen LogP contribution in [0.25, 0.3) is 0 Å². The van der Waals surface area contributed by atoms with Crippen molar-refractivity contribution in [2.45, 2.75) is 58.5 Å². The van der Waals surface area contributed by atoms with Crippen LogP contribution in [-0.4, -0.2) is 22.4 Å². The van der Waals surface area contributed by atoms with Crippen LogP contribution >= 0.6 is 0 Å². The lowest BCUT2D eigenvalue weighted by Crippen LogP contribution is -2.36. The van der Waals surface area contributed by atoms with Crippen LogP contribution in [0, 0.1) is 5.41 Å². The van der Waals surface area contributed by atoms with Crippen molar-refractivity contribution in [2.75, 3.05) is 6.54 Å². The minimum absolute atomic E-state index is 0.238. The minimum atomic E-state index is 0.238. The van der Waals surface area contributed by atoms with Gasteiger partial charge in [0.25, 0.3) is 0 Å². The van der Waals surface area contributed by atoms with E-state index >= 15 is 0 Å². The summed E-state index contributed by atoms with van der Waals surface area (Å²) in [4.78, 5) is 0. The van der Waals surface area contributed by atoms with Gasteiger partial charge < -0.3 is 11.1 Å². The molecule has 2 rings (SSSR count). The van der Waals surface area contributed by atoms with Gasteiger partial charge >= 0.3 is 0 Å². The van der Waals surface area contributed by atoms with E-state index in [-0.39, 0.29) is 6.04 Å². The molecule has 1 saturated carbocycles. The Bertz CT molecular complexity index is 422. The number of aromatic nitrogens is 2. The van der Waals surface area contributed by atoms with Gasteiger partial charge in [-0.3, -0.25) is 4.68 Å². The Kier molecular flexibility index (Phi) is 4.31. The summed E-state index contributed by atoms with van der Waals surface area (Å²) in [6.45, 7) is 7.50. The summed E-state index contributed by atoms with van der Waals surface area (Å²) in [5, 5.41) is 8.27. The van der Waals surface area contributed by atoms with E-state index in [0.717, 1.165) is 6.42 Å². The first kappa shape index (κ1) is 14.5. The van der Waals surface area contributed by atoms with Crippen molar-refractivity contribution in [1.29, 1.82) is 0 Å². The molecule has 4 nitrogen and oxygen atoms in total. The van der Waals surface area contributed by atoms with Gasteiger partial charge in [0.1, 0.15) is 0 Å². The summed E-state index contributed by atoms with van der Waals surface area (Å²) in [5.41, 5.74) is 8.90. The second kappa shape index (κ2) is 5.63. The van der Waals surface area contributed by atoms with E-state index in [2.05, 4.69) is 37.4 Å². The molecule has 0 amide bonds. The molecule has 0 aromatic carbocycles. The molecule has 0 spiro atoms. The Hall–Kier alpha value is -0.870. The molecule has 108 valence electrons. The number of rotatable bonds is 5. The molecule has 4 heteroatoms. The summed E-state index contributed by atoms with van der Waals surface area (Å²) < 4.78 is 1.90. The zero-order valence-corrected chi connectivity index (χ0v) is 12.7. The van der Waals surface area contributed by atoms with E-state index in [1.807, 2.05) is 11.7 Å². The molecule has 1 aliphatic rings. The molecular formula is C15H28N4. The van der Waals surface area contributed by atoms with Gasteiger partial charge in [0.15, 0.2) is 0 Å². The number of nitrogens with two attached hydrogens (primary N) is 1. The SMILES string of the molecule is CCc1nn(C)cc1C(CN)NC1CCC(C)(C)C1. The third-order valence-electron chi connectivity index (χ3n) is 4.29. The van der Waals surface area contributed by atoms with E-state index in [1.165, 1.54) is 30.5 Å². The van der Waals surface area contributed by atoms with E-state index in [9.17, 15) is 0 Å². The first-order valence-corrected chi connectivity index (χ1v) is 7.43. The quantitative estimate of drug-likeness (QED) is 0.857. The molecule has 1 fully saturated rings. The van der Waals surface area contributed by atoms with E-state index < -0.39 is 0 Å². The predicted molar refractivity (Wildman–Crippen MR) is 78.9 cm³/mol. The molecule has 0 aliphatic heterocycles. The van der Waals surface area contributed by atoms with Crippen molar-refractivity contribution in [3.63, 3.8) is 0 Å². The summed E-state index contributed by atoms with van der Waals surface area (Å²) in [7, 11) is 1.98. The van der Waals surface area contributed by atoms with Crippen LogP contribution < -0.4 is 11.1 Å². The van der Waals surface area contributed by atoms with Crippen LogP contribution in [0.5, 0.6) is 0 Å². The maximum absolute atomic E-state index is 5.98. The Morgan fingerprint density at radius 2 is 2.32 bits per heavy atom. The molecule has 0 saturated heterocycles. The molecule has 1 aromatic heterocycles. The Morgan fingerprint density at radius 3 is 2.84 bits per heavy atom. The molecule has 2 unspecified atom stereocenters. The van der Waals surface area contributed by atoms with Crippen molar-refractivity contribution in [2.24, 2.45) is 18.2 Å².